The third-order valence-corrected chi connectivity index (χ3v) is 10.8. The SMILES string of the molecule is CCCCCC/C=C/CCCCCCCC(=O)OC[C@H](CO[C@H]1O[C@H](CS(=O)(=O)O)[C@@H](O)C(O)C1O)OC(=O)CCCCCCC/C=C/CCCCCCCC. The molecule has 1 aliphatic heterocycles. The van der Waals surface area contributed by atoms with E-state index in [0.717, 1.165) is 77.0 Å². The van der Waals surface area contributed by atoms with Crippen LogP contribution in [0, 0.1) is 0 Å². The zero-order valence-electron chi connectivity index (χ0n) is 34.7. The normalized spacial score (nSPS) is 20.9. The van der Waals surface area contributed by atoms with E-state index in [9.17, 15) is 37.9 Å². The second-order valence-electron chi connectivity index (χ2n) is 15.4. The summed E-state index contributed by atoms with van der Waals surface area (Å²) in [5, 5.41) is 30.8. The number of esters is 2. The standard InChI is InChI=1S/C43H78O12S/c1-3-5-7-9-11-13-15-17-18-20-22-24-26-28-30-32-39(45)54-36(34-53-43-42(48)41(47)40(46)37(55-43)35-56(49,50)51)33-52-38(44)31-29-27-25-23-21-19-16-14-12-10-8-6-4-2/h14,16-18,36-37,40-43,46-48H,3-13,15,19-35H2,1-2H3,(H,49,50,51)/b16-14+,18-17+/t36-,37-,40-,41?,42?,43+/m1/s1. The van der Waals surface area contributed by atoms with Crippen molar-refractivity contribution in [3.8, 4) is 0 Å². The molecule has 1 rings (SSSR count). The topological polar surface area (TPSA) is 186 Å². The zero-order valence-corrected chi connectivity index (χ0v) is 35.6. The summed E-state index contributed by atoms with van der Waals surface area (Å²) in [5.41, 5.74) is 0. The van der Waals surface area contributed by atoms with Crippen molar-refractivity contribution in [2.45, 2.75) is 218 Å². The van der Waals surface area contributed by atoms with E-state index in [-0.39, 0.29) is 19.4 Å². The largest absolute Gasteiger partial charge is 0.462 e. The zero-order chi connectivity index (χ0) is 41.3. The second-order valence-corrected chi connectivity index (χ2v) is 16.9. The third kappa shape index (κ3) is 28.5. The summed E-state index contributed by atoms with van der Waals surface area (Å²) in [7, 11) is -4.60. The Morgan fingerprint density at radius 2 is 1.02 bits per heavy atom. The number of allylic oxidation sites excluding steroid dienone is 4. The number of aliphatic hydroxyl groups is 3. The van der Waals surface area contributed by atoms with Crippen molar-refractivity contribution in [2.75, 3.05) is 19.0 Å². The van der Waals surface area contributed by atoms with Crippen LogP contribution in [0.3, 0.4) is 0 Å². The van der Waals surface area contributed by atoms with Crippen molar-refractivity contribution < 1.29 is 56.8 Å². The van der Waals surface area contributed by atoms with Crippen LogP contribution in [-0.4, -0.2) is 96.0 Å². The van der Waals surface area contributed by atoms with Crippen molar-refractivity contribution in [3.05, 3.63) is 24.3 Å². The van der Waals surface area contributed by atoms with E-state index < -0.39 is 71.2 Å². The average Bonchev–Trinajstić information content (AvgIpc) is 3.16. The number of unbranched alkanes of at least 4 members (excludes halogenated alkanes) is 20. The fourth-order valence-electron chi connectivity index (χ4n) is 6.55. The number of rotatable bonds is 36. The molecule has 12 nitrogen and oxygen atoms in total. The average molecular weight is 819 g/mol. The van der Waals surface area contributed by atoms with Crippen molar-refractivity contribution in [3.63, 3.8) is 0 Å². The molecule has 1 fully saturated rings. The first-order chi connectivity index (χ1) is 27.0. The van der Waals surface area contributed by atoms with Crippen molar-refractivity contribution in [1.82, 2.24) is 0 Å². The summed E-state index contributed by atoms with van der Waals surface area (Å²) in [6.07, 6.45) is 26.5. The van der Waals surface area contributed by atoms with Crippen LogP contribution in [0.2, 0.25) is 0 Å². The van der Waals surface area contributed by atoms with Gasteiger partial charge in [-0.15, -0.1) is 0 Å². The van der Waals surface area contributed by atoms with Crippen LogP contribution < -0.4 is 0 Å². The van der Waals surface area contributed by atoms with E-state index in [1.165, 1.54) is 64.2 Å². The molecule has 0 radical (unpaired) electrons. The first kappa shape index (κ1) is 52.1. The Hall–Kier alpha value is -1.87. The molecule has 0 aromatic heterocycles. The maximum Gasteiger partial charge on any atom is 0.306 e. The molecule has 6 atom stereocenters. The van der Waals surface area contributed by atoms with Crippen LogP contribution in [0.25, 0.3) is 0 Å². The van der Waals surface area contributed by atoms with E-state index in [1.807, 2.05) is 0 Å². The lowest BCUT2D eigenvalue weighted by atomic mass is 10.00. The molecule has 0 saturated carbocycles. The fourth-order valence-corrected chi connectivity index (χ4v) is 7.24. The van der Waals surface area contributed by atoms with Gasteiger partial charge in [0.15, 0.2) is 12.4 Å². The first-order valence-corrected chi connectivity index (χ1v) is 23.5. The first-order valence-electron chi connectivity index (χ1n) is 21.9. The highest BCUT2D eigenvalue weighted by molar-refractivity contribution is 7.85. The summed E-state index contributed by atoms with van der Waals surface area (Å²) in [4.78, 5) is 25.3. The lowest BCUT2D eigenvalue weighted by Gasteiger charge is -2.40. The molecule has 328 valence electrons. The van der Waals surface area contributed by atoms with Gasteiger partial charge in [-0.05, 0) is 64.2 Å². The molecule has 1 heterocycles. The van der Waals surface area contributed by atoms with Crippen LogP contribution in [-0.2, 0) is 38.7 Å². The van der Waals surface area contributed by atoms with Gasteiger partial charge in [0.05, 0.1) is 6.61 Å². The quantitative estimate of drug-likeness (QED) is 0.0205. The van der Waals surface area contributed by atoms with Gasteiger partial charge in [0.1, 0.15) is 36.8 Å². The van der Waals surface area contributed by atoms with E-state index in [2.05, 4.69) is 38.2 Å². The van der Waals surface area contributed by atoms with E-state index in [1.54, 1.807) is 0 Å². The maximum absolute atomic E-state index is 12.8. The maximum atomic E-state index is 12.8. The fraction of sp³-hybridized carbons (Fsp3) is 0.860. The van der Waals surface area contributed by atoms with E-state index >= 15 is 0 Å². The summed E-state index contributed by atoms with van der Waals surface area (Å²) in [5.74, 6) is -2.00. The lowest BCUT2D eigenvalue weighted by Crippen LogP contribution is -2.60. The smallest absolute Gasteiger partial charge is 0.306 e. The monoisotopic (exact) mass is 819 g/mol. The molecular weight excluding hydrogens is 741 g/mol. The highest BCUT2D eigenvalue weighted by Gasteiger charge is 2.46. The van der Waals surface area contributed by atoms with E-state index in [0.29, 0.717) is 12.8 Å². The molecule has 1 saturated heterocycles. The van der Waals surface area contributed by atoms with Gasteiger partial charge in [-0.3, -0.25) is 14.1 Å². The molecule has 4 N–H and O–H groups in total. The Morgan fingerprint density at radius 3 is 1.50 bits per heavy atom. The Bertz CT molecular complexity index is 1140. The lowest BCUT2D eigenvalue weighted by molar-refractivity contribution is -0.297. The number of carbonyl (C=O) groups excluding carboxylic acids is 2. The predicted octanol–water partition coefficient (Wildman–Crippen LogP) is 8.45. The molecule has 0 aromatic carbocycles. The molecule has 56 heavy (non-hydrogen) atoms. The summed E-state index contributed by atoms with van der Waals surface area (Å²) in [6.45, 7) is 3.72. The minimum absolute atomic E-state index is 0.154. The van der Waals surface area contributed by atoms with Gasteiger partial charge in [-0.2, -0.15) is 8.42 Å². The summed E-state index contributed by atoms with van der Waals surface area (Å²) >= 11 is 0. The number of hydrogen-bond donors (Lipinski definition) is 4. The highest BCUT2D eigenvalue weighted by atomic mass is 32.2. The minimum Gasteiger partial charge on any atom is -0.462 e. The van der Waals surface area contributed by atoms with Crippen molar-refractivity contribution in [1.29, 1.82) is 0 Å². The Balaban J connectivity index is 2.48. The van der Waals surface area contributed by atoms with Gasteiger partial charge in [0.2, 0.25) is 0 Å². The van der Waals surface area contributed by atoms with Crippen LogP contribution >= 0.6 is 0 Å². The Morgan fingerprint density at radius 1 is 0.589 bits per heavy atom. The molecule has 0 aliphatic carbocycles. The number of aliphatic hydroxyl groups excluding tert-OH is 3. The van der Waals surface area contributed by atoms with Crippen LogP contribution in [0.1, 0.15) is 181 Å². The molecule has 0 amide bonds. The van der Waals surface area contributed by atoms with Crippen molar-refractivity contribution in [2.24, 2.45) is 0 Å². The molecule has 0 aromatic rings. The van der Waals surface area contributed by atoms with E-state index in [4.69, 9.17) is 18.9 Å². The van der Waals surface area contributed by atoms with Gasteiger partial charge < -0.3 is 34.3 Å². The van der Waals surface area contributed by atoms with Gasteiger partial charge in [-0.1, -0.05) is 128 Å². The van der Waals surface area contributed by atoms with Gasteiger partial charge in [-0.25, -0.2) is 0 Å². The third-order valence-electron chi connectivity index (χ3n) is 10.0. The summed E-state index contributed by atoms with van der Waals surface area (Å²) < 4.78 is 54.0. The van der Waals surface area contributed by atoms with Gasteiger partial charge in [0, 0.05) is 12.8 Å². The second kappa shape index (κ2) is 34.0. The molecular formula is C43H78O12S. The summed E-state index contributed by atoms with van der Waals surface area (Å²) in [6, 6.07) is 0. The molecule has 0 spiro atoms. The van der Waals surface area contributed by atoms with Crippen LogP contribution in [0.4, 0.5) is 0 Å². The molecule has 0 bridgehead atoms. The minimum atomic E-state index is -4.60. The van der Waals surface area contributed by atoms with Gasteiger partial charge >= 0.3 is 11.9 Å². The highest BCUT2D eigenvalue weighted by Crippen LogP contribution is 2.24. The molecule has 2 unspecified atom stereocenters. The number of hydrogen-bond acceptors (Lipinski definition) is 11. The Kier molecular flexibility index (Phi) is 31.7. The number of carbonyl (C=O) groups is 2. The number of ether oxygens (including phenoxy) is 4. The van der Waals surface area contributed by atoms with Crippen LogP contribution in [0.15, 0.2) is 24.3 Å². The van der Waals surface area contributed by atoms with Crippen LogP contribution in [0.5, 0.6) is 0 Å². The molecule has 1 aliphatic rings. The van der Waals surface area contributed by atoms with Crippen molar-refractivity contribution >= 4 is 22.1 Å². The predicted molar refractivity (Wildman–Crippen MR) is 220 cm³/mol. The Labute approximate surface area is 338 Å². The van der Waals surface area contributed by atoms with Gasteiger partial charge in [0.25, 0.3) is 10.1 Å². The molecule has 13 heteroatoms.